The number of nitriles is 1. The number of amides is 1. The van der Waals surface area contributed by atoms with Gasteiger partial charge in [0.25, 0.3) is 5.91 Å². The van der Waals surface area contributed by atoms with Crippen molar-refractivity contribution in [2.45, 2.75) is 6.42 Å². The quantitative estimate of drug-likeness (QED) is 0.526. The Morgan fingerprint density at radius 1 is 1.53 bits per heavy atom. The Balaban J connectivity index is 2.62. The van der Waals surface area contributed by atoms with Gasteiger partial charge in [0.15, 0.2) is 0 Å². The molecule has 0 fully saturated rings. The number of hydrogen-bond donors (Lipinski definition) is 1. The normalized spacial score (nSPS) is 9.33. The van der Waals surface area contributed by atoms with Crippen molar-refractivity contribution in [3.63, 3.8) is 0 Å². The lowest BCUT2D eigenvalue weighted by Crippen LogP contribution is -2.24. The number of nitrogens with zero attached hydrogens (tertiary/aromatic N) is 1. The van der Waals surface area contributed by atoms with Gasteiger partial charge in [0.05, 0.1) is 11.6 Å². The Kier molecular flexibility index (Phi) is 5.12. The molecule has 15 heavy (non-hydrogen) atoms. The van der Waals surface area contributed by atoms with E-state index in [0.29, 0.717) is 17.7 Å². The van der Waals surface area contributed by atoms with Gasteiger partial charge in [0.2, 0.25) is 0 Å². The number of carbonyl (C=O) groups excluding carboxylic acids is 1. The van der Waals surface area contributed by atoms with Crippen molar-refractivity contribution >= 4 is 28.5 Å². The van der Waals surface area contributed by atoms with Crippen molar-refractivity contribution in [2.75, 3.05) is 11.0 Å². The third-order valence-electron chi connectivity index (χ3n) is 1.85. The van der Waals surface area contributed by atoms with Gasteiger partial charge in [-0.3, -0.25) is 4.79 Å². The molecule has 1 rings (SSSR count). The van der Waals surface area contributed by atoms with Gasteiger partial charge in [-0.25, -0.2) is 0 Å². The zero-order valence-electron chi connectivity index (χ0n) is 8.16. The predicted octanol–water partition coefficient (Wildman–Crippen LogP) is 2.11. The fourth-order valence-corrected chi connectivity index (χ4v) is 1.48. The average molecular weight is 314 g/mol. The third-order valence-corrected chi connectivity index (χ3v) is 2.61. The van der Waals surface area contributed by atoms with Gasteiger partial charge in [-0.15, -0.1) is 0 Å². The van der Waals surface area contributed by atoms with Gasteiger partial charge in [-0.2, -0.15) is 5.26 Å². The first kappa shape index (κ1) is 12.0. The number of benzene rings is 1. The van der Waals surface area contributed by atoms with Crippen molar-refractivity contribution in [1.82, 2.24) is 5.32 Å². The smallest absolute Gasteiger partial charge is 0.251 e. The Bertz CT molecular complexity index is 384. The van der Waals surface area contributed by atoms with Crippen LogP contribution in [-0.4, -0.2) is 16.9 Å². The molecular weight excluding hydrogens is 303 g/mol. The maximum atomic E-state index is 11.6. The summed E-state index contributed by atoms with van der Waals surface area (Å²) in [7, 11) is 0. The highest BCUT2D eigenvalue weighted by molar-refractivity contribution is 14.1. The van der Waals surface area contributed by atoms with Crippen LogP contribution in [0.25, 0.3) is 0 Å². The van der Waals surface area contributed by atoms with E-state index in [-0.39, 0.29) is 5.91 Å². The maximum absolute atomic E-state index is 11.6. The van der Waals surface area contributed by atoms with Gasteiger partial charge in [-0.05, 0) is 24.6 Å². The minimum atomic E-state index is -0.114. The lowest BCUT2D eigenvalue weighted by molar-refractivity contribution is 0.0954. The molecule has 0 unspecified atom stereocenters. The van der Waals surface area contributed by atoms with E-state index in [1.165, 1.54) is 0 Å². The molecule has 0 spiro atoms. The van der Waals surface area contributed by atoms with Gasteiger partial charge < -0.3 is 5.32 Å². The van der Waals surface area contributed by atoms with Gasteiger partial charge >= 0.3 is 0 Å². The summed E-state index contributed by atoms with van der Waals surface area (Å²) in [5.41, 5.74) is 1.05. The third kappa shape index (κ3) is 3.88. The molecule has 0 heterocycles. The molecule has 0 saturated heterocycles. The fraction of sp³-hybridized carbons (Fsp3) is 0.273. The van der Waals surface area contributed by atoms with E-state index in [0.717, 1.165) is 10.8 Å². The summed E-state index contributed by atoms with van der Waals surface area (Å²) in [6.45, 7) is 0.679. The summed E-state index contributed by atoms with van der Waals surface area (Å²) in [5, 5.41) is 11.5. The van der Waals surface area contributed by atoms with Crippen molar-refractivity contribution in [2.24, 2.45) is 0 Å². The lowest BCUT2D eigenvalue weighted by Gasteiger charge is -2.03. The second-order valence-corrected chi connectivity index (χ2v) is 4.07. The molecule has 4 heteroatoms. The summed E-state index contributed by atoms with van der Waals surface area (Å²) in [4.78, 5) is 11.6. The zero-order valence-corrected chi connectivity index (χ0v) is 10.3. The van der Waals surface area contributed by atoms with Crippen LogP contribution in [0.2, 0.25) is 0 Å². The van der Waals surface area contributed by atoms with E-state index in [9.17, 15) is 4.79 Å². The van der Waals surface area contributed by atoms with Gasteiger partial charge in [-0.1, -0.05) is 28.7 Å². The van der Waals surface area contributed by atoms with Crippen molar-refractivity contribution in [3.05, 3.63) is 35.4 Å². The Hall–Kier alpha value is -1.09. The number of carbonyl (C=O) groups is 1. The largest absolute Gasteiger partial charge is 0.352 e. The van der Waals surface area contributed by atoms with Crippen molar-refractivity contribution < 1.29 is 4.79 Å². The Morgan fingerprint density at radius 2 is 2.33 bits per heavy atom. The van der Waals surface area contributed by atoms with Crippen LogP contribution < -0.4 is 5.32 Å². The first-order valence-corrected chi connectivity index (χ1v) is 6.15. The average Bonchev–Trinajstić information content (AvgIpc) is 2.29. The predicted molar refractivity (Wildman–Crippen MR) is 67.0 cm³/mol. The molecule has 3 nitrogen and oxygen atoms in total. The number of nitrogens with one attached hydrogen (secondary N) is 1. The van der Waals surface area contributed by atoms with Crippen LogP contribution in [0.5, 0.6) is 0 Å². The highest BCUT2D eigenvalue weighted by Crippen LogP contribution is 2.03. The summed E-state index contributed by atoms with van der Waals surface area (Å²) in [5.74, 6) is -0.114. The van der Waals surface area contributed by atoms with E-state index < -0.39 is 0 Å². The first-order chi connectivity index (χ1) is 7.27. The molecule has 1 N–H and O–H groups in total. The van der Waals surface area contributed by atoms with E-state index in [1.54, 1.807) is 24.3 Å². The monoisotopic (exact) mass is 314 g/mol. The highest BCUT2D eigenvalue weighted by Gasteiger charge is 2.04. The molecule has 0 atom stereocenters. The molecule has 0 aromatic heterocycles. The van der Waals surface area contributed by atoms with E-state index in [4.69, 9.17) is 5.26 Å². The van der Waals surface area contributed by atoms with Gasteiger partial charge in [0.1, 0.15) is 0 Å². The highest BCUT2D eigenvalue weighted by atomic mass is 127. The SMILES string of the molecule is N#Cc1cccc(C(=O)NCCCI)c1. The molecule has 1 aromatic rings. The fourth-order valence-electron chi connectivity index (χ4n) is 1.10. The van der Waals surface area contributed by atoms with E-state index >= 15 is 0 Å². The maximum Gasteiger partial charge on any atom is 0.251 e. The van der Waals surface area contributed by atoms with Crippen molar-refractivity contribution in [1.29, 1.82) is 5.26 Å². The van der Waals surface area contributed by atoms with Crippen LogP contribution in [0.4, 0.5) is 0 Å². The van der Waals surface area contributed by atoms with Gasteiger partial charge in [0, 0.05) is 16.5 Å². The van der Waals surface area contributed by atoms with Crippen molar-refractivity contribution in [3.8, 4) is 6.07 Å². The molecule has 0 aliphatic rings. The van der Waals surface area contributed by atoms with Crippen LogP contribution in [0, 0.1) is 11.3 Å². The van der Waals surface area contributed by atoms with E-state index in [1.807, 2.05) is 6.07 Å². The topological polar surface area (TPSA) is 52.9 Å². The molecule has 1 aromatic carbocycles. The second-order valence-electron chi connectivity index (χ2n) is 2.99. The molecule has 0 bridgehead atoms. The standard InChI is InChI=1S/C11H11IN2O/c12-5-2-6-14-11(15)10-4-1-3-9(7-10)8-13/h1,3-4,7H,2,5-6H2,(H,14,15). The summed E-state index contributed by atoms with van der Waals surface area (Å²) in [6, 6.07) is 8.71. The summed E-state index contributed by atoms with van der Waals surface area (Å²) < 4.78 is 1.02. The number of halogens is 1. The first-order valence-electron chi connectivity index (χ1n) is 4.62. The Morgan fingerprint density at radius 3 is 3.00 bits per heavy atom. The molecule has 0 aliphatic carbocycles. The van der Waals surface area contributed by atoms with Crippen LogP contribution in [0.3, 0.4) is 0 Å². The summed E-state index contributed by atoms with van der Waals surface area (Å²) >= 11 is 2.27. The zero-order chi connectivity index (χ0) is 11.1. The van der Waals surface area contributed by atoms with Crippen LogP contribution in [0.1, 0.15) is 22.3 Å². The van der Waals surface area contributed by atoms with Crippen LogP contribution >= 0.6 is 22.6 Å². The Labute approximate surface area is 103 Å². The van der Waals surface area contributed by atoms with Crippen LogP contribution in [-0.2, 0) is 0 Å². The summed E-state index contributed by atoms with van der Waals surface area (Å²) in [6.07, 6.45) is 0.963. The minimum Gasteiger partial charge on any atom is -0.352 e. The van der Waals surface area contributed by atoms with E-state index in [2.05, 4.69) is 27.9 Å². The molecule has 78 valence electrons. The lowest BCUT2D eigenvalue weighted by atomic mass is 10.1. The molecule has 0 saturated carbocycles. The number of hydrogen-bond acceptors (Lipinski definition) is 2. The molecule has 0 radical (unpaired) electrons. The minimum absolute atomic E-state index is 0.114. The molecule has 0 aliphatic heterocycles. The molecular formula is C11H11IN2O. The number of rotatable bonds is 4. The molecule has 1 amide bonds. The van der Waals surface area contributed by atoms with Crippen LogP contribution in [0.15, 0.2) is 24.3 Å². The number of alkyl halides is 1. The second kappa shape index (κ2) is 6.40.